The van der Waals surface area contributed by atoms with Gasteiger partial charge in [0.1, 0.15) is 12.4 Å². The maximum Gasteiger partial charge on any atom is 0.282 e. The van der Waals surface area contributed by atoms with Crippen LogP contribution < -0.4 is 5.32 Å². The minimum atomic E-state index is -2.87. The molecule has 4 nitrogen and oxygen atoms in total. The van der Waals surface area contributed by atoms with E-state index in [-0.39, 0.29) is 5.56 Å². The second-order valence-corrected chi connectivity index (χ2v) is 4.94. The SMILES string of the molecule is Cc1ccccc1C(CF)NC(=O)c1cn(C)nc1C(F)F. The molecular weight excluding hydrogens is 295 g/mol. The first-order chi connectivity index (χ1) is 10.4. The zero-order valence-corrected chi connectivity index (χ0v) is 12.2. The highest BCUT2D eigenvalue weighted by Crippen LogP contribution is 2.23. The molecule has 0 saturated heterocycles. The predicted molar refractivity (Wildman–Crippen MR) is 75.5 cm³/mol. The summed E-state index contributed by atoms with van der Waals surface area (Å²) in [7, 11) is 1.44. The molecule has 1 heterocycles. The average Bonchev–Trinajstić information content (AvgIpc) is 2.88. The summed E-state index contributed by atoms with van der Waals surface area (Å²) < 4.78 is 40.2. The van der Waals surface area contributed by atoms with E-state index in [0.717, 1.165) is 10.2 Å². The number of carbonyl (C=O) groups excluding carboxylic acids is 1. The zero-order valence-electron chi connectivity index (χ0n) is 12.2. The molecule has 1 amide bonds. The maximum atomic E-state index is 13.3. The molecule has 118 valence electrons. The van der Waals surface area contributed by atoms with E-state index in [1.54, 1.807) is 31.2 Å². The van der Waals surface area contributed by atoms with Crippen LogP contribution in [0.3, 0.4) is 0 Å². The van der Waals surface area contributed by atoms with Crippen molar-refractivity contribution in [3.05, 3.63) is 52.8 Å². The summed E-state index contributed by atoms with van der Waals surface area (Å²) in [6.07, 6.45) is -1.67. The van der Waals surface area contributed by atoms with Gasteiger partial charge in [-0.25, -0.2) is 13.2 Å². The summed E-state index contributed by atoms with van der Waals surface area (Å²) in [6.45, 7) is 0.958. The third-order valence-electron chi connectivity index (χ3n) is 3.33. The van der Waals surface area contributed by atoms with Gasteiger partial charge in [0.2, 0.25) is 0 Å². The molecule has 0 bridgehead atoms. The third kappa shape index (κ3) is 3.29. The van der Waals surface area contributed by atoms with Crippen molar-refractivity contribution >= 4 is 5.91 Å². The Morgan fingerprint density at radius 1 is 1.36 bits per heavy atom. The van der Waals surface area contributed by atoms with Gasteiger partial charge in [0.15, 0.2) is 0 Å². The lowest BCUT2D eigenvalue weighted by Gasteiger charge is -2.17. The van der Waals surface area contributed by atoms with Gasteiger partial charge in [0, 0.05) is 13.2 Å². The summed E-state index contributed by atoms with van der Waals surface area (Å²) in [5, 5.41) is 6.01. The van der Waals surface area contributed by atoms with E-state index >= 15 is 0 Å². The van der Waals surface area contributed by atoms with Gasteiger partial charge >= 0.3 is 0 Å². The minimum Gasteiger partial charge on any atom is -0.342 e. The van der Waals surface area contributed by atoms with Gasteiger partial charge < -0.3 is 5.32 Å². The lowest BCUT2D eigenvalue weighted by atomic mass is 10.0. The van der Waals surface area contributed by atoms with Gasteiger partial charge in [-0.2, -0.15) is 5.10 Å². The van der Waals surface area contributed by atoms with Crippen molar-refractivity contribution in [1.29, 1.82) is 0 Å². The molecule has 0 aliphatic rings. The van der Waals surface area contributed by atoms with E-state index in [9.17, 15) is 18.0 Å². The number of hydrogen-bond acceptors (Lipinski definition) is 2. The van der Waals surface area contributed by atoms with Gasteiger partial charge in [-0.05, 0) is 18.1 Å². The minimum absolute atomic E-state index is 0.246. The standard InChI is InChI=1S/C15H16F3N3O/c1-9-5-3-4-6-10(9)12(7-16)19-15(22)11-8-21(2)20-13(11)14(17)18/h3-6,8,12,14H,7H2,1-2H3,(H,19,22). The number of nitrogens with zero attached hydrogens (tertiary/aromatic N) is 2. The van der Waals surface area contributed by atoms with Crippen molar-refractivity contribution in [3.8, 4) is 0 Å². The Kier molecular flexibility index (Phi) is 4.85. The molecule has 2 aromatic rings. The van der Waals surface area contributed by atoms with Crippen molar-refractivity contribution in [2.45, 2.75) is 19.4 Å². The van der Waals surface area contributed by atoms with Crippen LogP contribution in [0, 0.1) is 6.92 Å². The summed E-state index contributed by atoms with van der Waals surface area (Å²) >= 11 is 0. The van der Waals surface area contributed by atoms with Crippen molar-refractivity contribution in [2.75, 3.05) is 6.67 Å². The van der Waals surface area contributed by atoms with Crippen LogP contribution in [-0.4, -0.2) is 22.4 Å². The Hall–Kier alpha value is -2.31. The molecule has 1 atom stereocenters. The number of amides is 1. The van der Waals surface area contributed by atoms with E-state index in [1.165, 1.54) is 13.2 Å². The fourth-order valence-electron chi connectivity index (χ4n) is 2.25. The normalized spacial score (nSPS) is 12.5. The van der Waals surface area contributed by atoms with Crippen LogP contribution in [0.1, 0.15) is 39.6 Å². The maximum absolute atomic E-state index is 13.3. The first-order valence-electron chi connectivity index (χ1n) is 6.68. The van der Waals surface area contributed by atoms with E-state index in [4.69, 9.17) is 0 Å². The van der Waals surface area contributed by atoms with Crippen LogP contribution in [0.5, 0.6) is 0 Å². The number of nitrogens with one attached hydrogen (secondary N) is 1. The molecule has 1 unspecified atom stereocenters. The molecule has 0 radical (unpaired) electrons. The lowest BCUT2D eigenvalue weighted by molar-refractivity contribution is 0.0915. The van der Waals surface area contributed by atoms with Crippen LogP contribution in [0.2, 0.25) is 0 Å². The number of carbonyl (C=O) groups is 1. The highest BCUT2D eigenvalue weighted by atomic mass is 19.3. The second-order valence-electron chi connectivity index (χ2n) is 4.94. The van der Waals surface area contributed by atoms with Gasteiger partial charge in [0.25, 0.3) is 12.3 Å². The van der Waals surface area contributed by atoms with Crippen molar-refractivity contribution < 1.29 is 18.0 Å². The summed E-state index contributed by atoms with van der Waals surface area (Å²) in [5.74, 6) is -0.769. The number of hydrogen-bond donors (Lipinski definition) is 1. The van der Waals surface area contributed by atoms with Crippen LogP contribution in [0.15, 0.2) is 30.5 Å². The highest BCUT2D eigenvalue weighted by molar-refractivity contribution is 5.95. The number of halogens is 3. The molecule has 0 fully saturated rings. The average molecular weight is 311 g/mol. The molecule has 7 heteroatoms. The molecule has 1 aromatic carbocycles. The van der Waals surface area contributed by atoms with Crippen LogP contribution in [0.4, 0.5) is 13.2 Å². The number of aryl methyl sites for hydroxylation is 2. The molecule has 0 saturated carbocycles. The fraction of sp³-hybridized carbons (Fsp3) is 0.333. The number of rotatable bonds is 5. The Labute approximate surface area is 125 Å². The Bertz CT molecular complexity index is 670. The van der Waals surface area contributed by atoms with E-state index < -0.39 is 30.7 Å². The largest absolute Gasteiger partial charge is 0.342 e. The quantitative estimate of drug-likeness (QED) is 0.922. The first kappa shape index (κ1) is 16.1. The lowest BCUT2D eigenvalue weighted by Crippen LogP contribution is -2.30. The first-order valence-corrected chi connectivity index (χ1v) is 6.68. The smallest absolute Gasteiger partial charge is 0.282 e. The number of aromatic nitrogens is 2. The molecule has 22 heavy (non-hydrogen) atoms. The molecule has 0 aliphatic heterocycles. The second kappa shape index (κ2) is 6.64. The van der Waals surface area contributed by atoms with E-state index in [0.29, 0.717) is 5.56 Å². The highest BCUT2D eigenvalue weighted by Gasteiger charge is 2.25. The van der Waals surface area contributed by atoms with Crippen LogP contribution in [0.25, 0.3) is 0 Å². The monoisotopic (exact) mass is 311 g/mol. The van der Waals surface area contributed by atoms with Crippen LogP contribution >= 0.6 is 0 Å². The predicted octanol–water partition coefficient (Wildman–Crippen LogP) is 3.11. The van der Waals surface area contributed by atoms with Crippen molar-refractivity contribution in [3.63, 3.8) is 0 Å². The number of benzene rings is 1. The fourth-order valence-corrected chi connectivity index (χ4v) is 2.25. The molecular formula is C15H16F3N3O. The van der Waals surface area contributed by atoms with Crippen LogP contribution in [-0.2, 0) is 7.05 Å². The molecule has 1 aromatic heterocycles. The van der Waals surface area contributed by atoms with E-state index in [2.05, 4.69) is 10.4 Å². The van der Waals surface area contributed by atoms with E-state index in [1.807, 2.05) is 0 Å². The van der Waals surface area contributed by atoms with Crippen molar-refractivity contribution in [1.82, 2.24) is 15.1 Å². The van der Waals surface area contributed by atoms with Gasteiger partial charge in [-0.3, -0.25) is 9.48 Å². The molecule has 2 rings (SSSR count). The van der Waals surface area contributed by atoms with Gasteiger partial charge in [-0.15, -0.1) is 0 Å². The van der Waals surface area contributed by atoms with Gasteiger partial charge in [0.05, 0.1) is 11.6 Å². The molecule has 0 aliphatic carbocycles. The number of alkyl halides is 3. The Morgan fingerprint density at radius 3 is 2.64 bits per heavy atom. The molecule has 0 spiro atoms. The topological polar surface area (TPSA) is 46.9 Å². The van der Waals surface area contributed by atoms with Crippen molar-refractivity contribution in [2.24, 2.45) is 7.05 Å². The zero-order chi connectivity index (χ0) is 16.3. The summed E-state index contributed by atoms with van der Waals surface area (Å²) in [4.78, 5) is 12.2. The molecule has 1 N–H and O–H groups in total. The summed E-state index contributed by atoms with van der Waals surface area (Å²) in [6, 6.07) is 6.12. The summed E-state index contributed by atoms with van der Waals surface area (Å²) in [5.41, 5.74) is 0.568. The third-order valence-corrected chi connectivity index (χ3v) is 3.33. The Balaban J connectivity index is 2.25. The Morgan fingerprint density at radius 2 is 2.05 bits per heavy atom. The van der Waals surface area contributed by atoms with Gasteiger partial charge in [-0.1, -0.05) is 24.3 Å².